The molecule has 2 aliphatic rings. The van der Waals surface area contributed by atoms with Crippen LogP contribution in [0.1, 0.15) is 39.0 Å². The lowest BCUT2D eigenvalue weighted by molar-refractivity contribution is 0.130. The van der Waals surface area contributed by atoms with Gasteiger partial charge in [-0.05, 0) is 37.0 Å². The molecule has 4 atom stereocenters. The van der Waals surface area contributed by atoms with Crippen LogP contribution in [0.5, 0.6) is 0 Å². The van der Waals surface area contributed by atoms with E-state index in [0.29, 0.717) is 11.5 Å². The van der Waals surface area contributed by atoms with Crippen LogP contribution in [0.15, 0.2) is 0 Å². The van der Waals surface area contributed by atoms with Gasteiger partial charge in [0.05, 0.1) is 0 Å². The molecule has 0 aromatic carbocycles. The van der Waals surface area contributed by atoms with Gasteiger partial charge in [-0.2, -0.15) is 0 Å². The quantitative estimate of drug-likeness (QED) is 0.535. The minimum Gasteiger partial charge on any atom is -0.326 e. The van der Waals surface area contributed by atoms with Gasteiger partial charge in [0.1, 0.15) is 0 Å². The first-order chi connectivity index (χ1) is 5.64. The lowest BCUT2D eigenvalue weighted by Crippen LogP contribution is -2.51. The van der Waals surface area contributed by atoms with Gasteiger partial charge in [-0.1, -0.05) is 35.9 Å². The Kier molecular flexibility index (Phi) is 2.41. The van der Waals surface area contributed by atoms with Crippen molar-refractivity contribution in [3.05, 3.63) is 0 Å². The molecule has 12 heavy (non-hydrogen) atoms. The molecule has 2 aliphatic carbocycles. The predicted molar refractivity (Wildman–Crippen MR) is 60.5 cm³/mol. The van der Waals surface area contributed by atoms with Crippen LogP contribution < -0.4 is 5.73 Å². The number of hydrogen-bond acceptors (Lipinski definition) is 1. The molecule has 70 valence electrons. The van der Waals surface area contributed by atoms with Gasteiger partial charge in [0.25, 0.3) is 0 Å². The van der Waals surface area contributed by atoms with Crippen LogP contribution in [-0.2, 0) is 0 Å². The van der Waals surface area contributed by atoms with E-state index in [4.69, 9.17) is 5.73 Å². The summed E-state index contributed by atoms with van der Waals surface area (Å²) in [5, 5.41) is 0. The number of halogens is 1. The molecule has 2 heteroatoms. The molecule has 2 N–H and O–H groups in total. The summed E-state index contributed by atoms with van der Waals surface area (Å²) in [7, 11) is 0. The van der Waals surface area contributed by atoms with Crippen molar-refractivity contribution in [3.8, 4) is 0 Å². The summed E-state index contributed by atoms with van der Waals surface area (Å²) in [6, 6.07) is 0.458. The minimum atomic E-state index is 0.458. The largest absolute Gasteiger partial charge is 0.326 e. The predicted octanol–water partition coefficient (Wildman–Crippen LogP) is 2.72. The smallest absolute Gasteiger partial charge is 0.0266 e. The van der Waals surface area contributed by atoms with Gasteiger partial charge in [0, 0.05) is 9.97 Å². The number of fused-ring (bicyclic) bond motifs is 1. The second kappa shape index (κ2) is 3.12. The summed E-state index contributed by atoms with van der Waals surface area (Å²) in [6.45, 7) is 2.42. The van der Waals surface area contributed by atoms with Gasteiger partial charge in [-0.25, -0.2) is 0 Å². The minimum absolute atomic E-state index is 0.458. The molecule has 0 amide bonds. The fourth-order valence-corrected chi connectivity index (χ4v) is 4.31. The van der Waals surface area contributed by atoms with E-state index in [1.807, 2.05) is 0 Å². The van der Waals surface area contributed by atoms with Gasteiger partial charge >= 0.3 is 0 Å². The Hall–Kier alpha value is 0.690. The Labute approximate surface area is 88.6 Å². The molecule has 1 nitrogen and oxygen atoms in total. The third-order valence-electron chi connectivity index (χ3n) is 4.14. The van der Waals surface area contributed by atoms with Crippen LogP contribution in [0.4, 0.5) is 0 Å². The van der Waals surface area contributed by atoms with Crippen molar-refractivity contribution >= 4 is 22.6 Å². The first kappa shape index (κ1) is 9.25. The van der Waals surface area contributed by atoms with Crippen LogP contribution in [0.2, 0.25) is 0 Å². The number of nitrogens with two attached hydrogens (primary N) is 1. The summed E-state index contributed by atoms with van der Waals surface area (Å²) in [4.78, 5) is 0. The second-order valence-electron chi connectivity index (χ2n) is 4.71. The zero-order chi connectivity index (χ0) is 8.77. The molecule has 0 saturated heterocycles. The van der Waals surface area contributed by atoms with Crippen LogP contribution >= 0.6 is 22.6 Å². The van der Waals surface area contributed by atoms with Crippen molar-refractivity contribution < 1.29 is 0 Å². The Morgan fingerprint density at radius 2 is 2.08 bits per heavy atom. The molecule has 0 aromatic rings. The molecular weight excluding hydrogens is 261 g/mol. The summed E-state index contributed by atoms with van der Waals surface area (Å²) in [6.07, 6.45) is 7.00. The summed E-state index contributed by atoms with van der Waals surface area (Å²) >= 11 is 2.54. The lowest BCUT2D eigenvalue weighted by Gasteiger charge is -2.44. The maximum absolute atomic E-state index is 6.29. The van der Waals surface area contributed by atoms with E-state index >= 15 is 0 Å². The standard InChI is InChI=1S/C10H18IN/c1-10-6-2-3-7(10)4-5-8(11)9(10)12/h7-9H,2-6,12H2,1H3. The summed E-state index contributed by atoms with van der Waals surface area (Å²) < 4.78 is 0.724. The van der Waals surface area contributed by atoms with E-state index in [0.717, 1.165) is 9.84 Å². The number of rotatable bonds is 0. The van der Waals surface area contributed by atoms with Crippen LogP contribution in [-0.4, -0.2) is 9.97 Å². The molecule has 0 radical (unpaired) electrons. The highest BCUT2D eigenvalue weighted by molar-refractivity contribution is 14.1. The third-order valence-corrected chi connectivity index (χ3v) is 5.54. The highest BCUT2D eigenvalue weighted by Gasteiger charge is 2.48. The van der Waals surface area contributed by atoms with Crippen molar-refractivity contribution in [2.45, 2.75) is 49.0 Å². The molecule has 2 fully saturated rings. The van der Waals surface area contributed by atoms with Gasteiger partial charge in [-0.3, -0.25) is 0 Å². The number of hydrogen-bond donors (Lipinski definition) is 1. The maximum atomic E-state index is 6.29. The average Bonchev–Trinajstić information content (AvgIpc) is 2.42. The SMILES string of the molecule is CC12CCCC1CCC(I)C2N. The van der Waals surface area contributed by atoms with Gasteiger partial charge in [0.2, 0.25) is 0 Å². The molecule has 2 rings (SSSR count). The molecular formula is C10H18IN. The lowest BCUT2D eigenvalue weighted by atomic mass is 9.67. The number of alkyl halides is 1. The fraction of sp³-hybridized carbons (Fsp3) is 1.00. The van der Waals surface area contributed by atoms with E-state index in [1.165, 1.54) is 32.1 Å². The third kappa shape index (κ3) is 1.22. The maximum Gasteiger partial charge on any atom is 0.0266 e. The summed E-state index contributed by atoms with van der Waals surface area (Å²) in [5.41, 5.74) is 6.78. The van der Waals surface area contributed by atoms with Crippen LogP contribution in [0.3, 0.4) is 0 Å². The Morgan fingerprint density at radius 3 is 2.83 bits per heavy atom. The second-order valence-corrected chi connectivity index (χ2v) is 6.31. The van der Waals surface area contributed by atoms with Crippen molar-refractivity contribution in [2.24, 2.45) is 17.1 Å². The zero-order valence-corrected chi connectivity index (χ0v) is 9.88. The molecule has 0 aliphatic heterocycles. The molecule has 0 heterocycles. The Morgan fingerprint density at radius 1 is 1.33 bits per heavy atom. The highest BCUT2D eigenvalue weighted by atomic mass is 127. The van der Waals surface area contributed by atoms with Crippen molar-refractivity contribution in [1.82, 2.24) is 0 Å². The fourth-order valence-electron chi connectivity index (χ4n) is 3.13. The van der Waals surface area contributed by atoms with Crippen molar-refractivity contribution in [3.63, 3.8) is 0 Å². The van der Waals surface area contributed by atoms with E-state index in [-0.39, 0.29) is 0 Å². The van der Waals surface area contributed by atoms with E-state index < -0.39 is 0 Å². The Balaban J connectivity index is 2.20. The molecule has 0 spiro atoms. The van der Waals surface area contributed by atoms with Crippen LogP contribution in [0, 0.1) is 11.3 Å². The van der Waals surface area contributed by atoms with Crippen molar-refractivity contribution in [2.75, 3.05) is 0 Å². The zero-order valence-electron chi connectivity index (χ0n) is 7.72. The Bertz CT molecular complexity index is 183. The normalized spacial score (nSPS) is 53.8. The first-order valence-corrected chi connectivity index (χ1v) is 6.29. The average molecular weight is 279 g/mol. The first-order valence-electron chi connectivity index (χ1n) is 5.04. The molecule has 0 bridgehead atoms. The topological polar surface area (TPSA) is 26.0 Å². The van der Waals surface area contributed by atoms with Gasteiger partial charge in [0.15, 0.2) is 0 Å². The van der Waals surface area contributed by atoms with E-state index in [9.17, 15) is 0 Å². The van der Waals surface area contributed by atoms with Crippen molar-refractivity contribution in [1.29, 1.82) is 0 Å². The van der Waals surface area contributed by atoms with Gasteiger partial charge < -0.3 is 5.73 Å². The van der Waals surface area contributed by atoms with Gasteiger partial charge in [-0.15, -0.1) is 0 Å². The van der Waals surface area contributed by atoms with Crippen LogP contribution in [0.25, 0.3) is 0 Å². The molecule has 4 unspecified atom stereocenters. The highest BCUT2D eigenvalue weighted by Crippen LogP contribution is 2.52. The molecule has 0 aromatic heterocycles. The molecule has 2 saturated carbocycles. The van der Waals surface area contributed by atoms with E-state index in [2.05, 4.69) is 29.5 Å². The summed E-state index contributed by atoms with van der Waals surface area (Å²) in [5.74, 6) is 0.943. The monoisotopic (exact) mass is 279 g/mol. The van der Waals surface area contributed by atoms with E-state index in [1.54, 1.807) is 0 Å².